The van der Waals surface area contributed by atoms with Crippen LogP contribution in [0.25, 0.3) is 0 Å². The van der Waals surface area contributed by atoms with Crippen molar-refractivity contribution in [1.82, 2.24) is 0 Å². The van der Waals surface area contributed by atoms with E-state index in [1.165, 1.54) is 7.11 Å². The molecule has 146 valence electrons. The van der Waals surface area contributed by atoms with Crippen molar-refractivity contribution in [2.75, 3.05) is 17.7 Å². The van der Waals surface area contributed by atoms with Crippen LogP contribution in [0.4, 0.5) is 10.7 Å². The molecule has 0 aliphatic rings. The topological polar surface area (TPSA) is 91.2 Å². The summed E-state index contributed by atoms with van der Waals surface area (Å²) in [4.78, 5) is 25.8. The maximum Gasteiger partial charge on any atom is 0.266 e. The van der Waals surface area contributed by atoms with Crippen molar-refractivity contribution in [3.8, 4) is 11.8 Å². The number of thiophene rings is 1. The molecule has 3 aromatic rings. The van der Waals surface area contributed by atoms with Gasteiger partial charge in [-0.05, 0) is 49.2 Å². The van der Waals surface area contributed by atoms with Crippen molar-refractivity contribution < 1.29 is 14.3 Å². The number of para-hydroxylation sites is 1. The summed E-state index contributed by atoms with van der Waals surface area (Å²) >= 11 is 1.08. The first-order valence-corrected chi connectivity index (χ1v) is 9.62. The maximum absolute atomic E-state index is 12.8. The van der Waals surface area contributed by atoms with Crippen molar-refractivity contribution in [1.29, 1.82) is 5.26 Å². The standard InChI is InChI=1S/C22H19N3O3S/c1-13-7-4-5-10-18(13)24-21(27)19-14(2)17(12-23)22(29-19)25-20(26)15-8-6-9-16(11-15)28-3/h4-11H,1-3H3,(H,24,27)(H,25,26). The Kier molecular flexibility index (Phi) is 5.96. The molecule has 3 rings (SSSR count). The third-order valence-corrected chi connectivity index (χ3v) is 5.62. The molecule has 2 N–H and O–H groups in total. The number of carbonyl (C=O) groups is 2. The number of methoxy groups -OCH3 is 1. The lowest BCUT2D eigenvalue weighted by atomic mass is 10.1. The number of rotatable bonds is 5. The minimum atomic E-state index is -0.382. The zero-order valence-corrected chi connectivity index (χ0v) is 17.0. The molecule has 2 aromatic carbocycles. The van der Waals surface area contributed by atoms with E-state index in [9.17, 15) is 14.9 Å². The average molecular weight is 405 g/mol. The zero-order valence-electron chi connectivity index (χ0n) is 16.2. The van der Waals surface area contributed by atoms with Gasteiger partial charge in [0.15, 0.2) is 0 Å². The van der Waals surface area contributed by atoms with Crippen molar-refractivity contribution >= 4 is 33.8 Å². The molecule has 0 saturated heterocycles. The van der Waals surface area contributed by atoms with E-state index in [0.29, 0.717) is 32.4 Å². The SMILES string of the molecule is COc1cccc(C(=O)Nc2sc(C(=O)Nc3ccccc3C)c(C)c2C#N)c1. The summed E-state index contributed by atoms with van der Waals surface area (Å²) in [5.74, 6) is -0.147. The maximum atomic E-state index is 12.8. The number of ether oxygens (including phenoxy) is 1. The molecule has 1 aromatic heterocycles. The Morgan fingerprint density at radius 1 is 1.03 bits per heavy atom. The van der Waals surface area contributed by atoms with Crippen molar-refractivity contribution in [2.24, 2.45) is 0 Å². The van der Waals surface area contributed by atoms with Gasteiger partial charge in [0.25, 0.3) is 11.8 Å². The molecular weight excluding hydrogens is 386 g/mol. The highest BCUT2D eigenvalue weighted by atomic mass is 32.1. The molecule has 0 aliphatic heterocycles. The highest BCUT2D eigenvalue weighted by Gasteiger charge is 2.22. The van der Waals surface area contributed by atoms with E-state index in [0.717, 1.165) is 16.9 Å². The summed E-state index contributed by atoms with van der Waals surface area (Å²) in [6.07, 6.45) is 0. The molecule has 0 atom stereocenters. The number of nitrogens with zero attached hydrogens (tertiary/aromatic N) is 1. The van der Waals surface area contributed by atoms with Crippen LogP contribution in [0.1, 0.15) is 36.7 Å². The normalized spacial score (nSPS) is 10.1. The molecule has 0 radical (unpaired) electrons. The van der Waals surface area contributed by atoms with Gasteiger partial charge < -0.3 is 15.4 Å². The molecule has 0 spiro atoms. The molecule has 0 fully saturated rings. The number of nitrogens with one attached hydrogen (secondary N) is 2. The van der Waals surface area contributed by atoms with Crippen LogP contribution in [0.2, 0.25) is 0 Å². The van der Waals surface area contributed by atoms with E-state index in [1.807, 2.05) is 31.2 Å². The lowest BCUT2D eigenvalue weighted by molar-refractivity contribution is 0.102. The van der Waals surface area contributed by atoms with Crippen LogP contribution in [0, 0.1) is 25.2 Å². The van der Waals surface area contributed by atoms with Crippen LogP contribution in [0.5, 0.6) is 5.75 Å². The fourth-order valence-electron chi connectivity index (χ4n) is 2.78. The van der Waals surface area contributed by atoms with Crippen LogP contribution in [0.15, 0.2) is 48.5 Å². The van der Waals surface area contributed by atoms with Crippen molar-refractivity contribution in [2.45, 2.75) is 13.8 Å². The first-order chi connectivity index (χ1) is 13.9. The number of benzene rings is 2. The predicted molar refractivity (Wildman–Crippen MR) is 114 cm³/mol. The van der Waals surface area contributed by atoms with Gasteiger partial charge in [0.05, 0.1) is 17.6 Å². The van der Waals surface area contributed by atoms with Crippen LogP contribution in [-0.4, -0.2) is 18.9 Å². The van der Waals surface area contributed by atoms with Crippen LogP contribution in [-0.2, 0) is 0 Å². The second kappa shape index (κ2) is 8.59. The van der Waals surface area contributed by atoms with E-state index >= 15 is 0 Å². The second-order valence-electron chi connectivity index (χ2n) is 6.33. The second-order valence-corrected chi connectivity index (χ2v) is 7.35. The number of hydrogen-bond donors (Lipinski definition) is 2. The largest absolute Gasteiger partial charge is 0.497 e. The Hall–Kier alpha value is -3.63. The fourth-order valence-corrected chi connectivity index (χ4v) is 3.83. The number of hydrogen-bond acceptors (Lipinski definition) is 5. The molecule has 0 unspecified atom stereocenters. The number of nitriles is 1. The van der Waals surface area contributed by atoms with Gasteiger partial charge in [-0.3, -0.25) is 9.59 Å². The first-order valence-electron chi connectivity index (χ1n) is 8.80. The summed E-state index contributed by atoms with van der Waals surface area (Å²) in [5.41, 5.74) is 2.84. The summed E-state index contributed by atoms with van der Waals surface area (Å²) in [6, 6.07) is 16.2. The Morgan fingerprint density at radius 3 is 2.48 bits per heavy atom. The Bertz CT molecular complexity index is 1130. The smallest absolute Gasteiger partial charge is 0.266 e. The quantitative estimate of drug-likeness (QED) is 0.641. The van der Waals surface area contributed by atoms with Crippen LogP contribution in [0.3, 0.4) is 0 Å². The summed E-state index contributed by atoms with van der Waals surface area (Å²) < 4.78 is 5.14. The van der Waals surface area contributed by atoms with Crippen molar-refractivity contribution in [3.05, 3.63) is 75.7 Å². The number of anilines is 2. The number of amides is 2. The fraction of sp³-hybridized carbons (Fsp3) is 0.136. The molecule has 1 heterocycles. The van der Waals surface area contributed by atoms with E-state index < -0.39 is 0 Å². The molecule has 0 aliphatic carbocycles. The van der Waals surface area contributed by atoms with E-state index in [4.69, 9.17) is 4.74 Å². The first kappa shape index (κ1) is 20.1. The Balaban J connectivity index is 1.87. The highest BCUT2D eigenvalue weighted by molar-refractivity contribution is 7.18. The van der Waals surface area contributed by atoms with Gasteiger partial charge in [0, 0.05) is 11.3 Å². The molecule has 6 nitrogen and oxygen atoms in total. The zero-order chi connectivity index (χ0) is 21.0. The van der Waals surface area contributed by atoms with Gasteiger partial charge >= 0.3 is 0 Å². The van der Waals surface area contributed by atoms with Crippen molar-refractivity contribution in [3.63, 3.8) is 0 Å². The van der Waals surface area contributed by atoms with Crippen LogP contribution < -0.4 is 15.4 Å². The lowest BCUT2D eigenvalue weighted by Crippen LogP contribution is -2.12. The van der Waals surface area contributed by atoms with Gasteiger partial charge in [-0.2, -0.15) is 5.26 Å². The van der Waals surface area contributed by atoms with Gasteiger partial charge in [-0.1, -0.05) is 24.3 Å². The van der Waals surface area contributed by atoms with Gasteiger partial charge in [-0.15, -0.1) is 11.3 Å². The van der Waals surface area contributed by atoms with Gasteiger partial charge in [-0.25, -0.2) is 0 Å². The average Bonchev–Trinajstić information content (AvgIpc) is 3.04. The van der Waals surface area contributed by atoms with Gasteiger partial charge in [0.2, 0.25) is 0 Å². The summed E-state index contributed by atoms with van der Waals surface area (Å²) in [5, 5.41) is 15.5. The summed E-state index contributed by atoms with van der Waals surface area (Å²) in [7, 11) is 1.52. The van der Waals surface area contributed by atoms with Gasteiger partial charge in [0.1, 0.15) is 16.8 Å². The minimum Gasteiger partial charge on any atom is -0.497 e. The van der Waals surface area contributed by atoms with Crippen LogP contribution >= 0.6 is 11.3 Å². The third-order valence-electron chi connectivity index (χ3n) is 4.42. The number of aryl methyl sites for hydroxylation is 1. The monoisotopic (exact) mass is 405 g/mol. The molecule has 0 bridgehead atoms. The highest BCUT2D eigenvalue weighted by Crippen LogP contribution is 2.33. The third kappa shape index (κ3) is 4.28. The predicted octanol–water partition coefficient (Wildman–Crippen LogP) is 4.75. The van der Waals surface area contributed by atoms with E-state index in [1.54, 1.807) is 31.2 Å². The molecule has 2 amide bonds. The Labute approximate surface area is 172 Å². The molecule has 29 heavy (non-hydrogen) atoms. The Morgan fingerprint density at radius 2 is 1.79 bits per heavy atom. The minimum absolute atomic E-state index is 0.279. The van der Waals surface area contributed by atoms with E-state index in [2.05, 4.69) is 16.7 Å². The number of carbonyl (C=O) groups excluding carboxylic acids is 2. The molecular formula is C22H19N3O3S. The molecule has 7 heteroatoms. The molecule has 0 saturated carbocycles. The van der Waals surface area contributed by atoms with E-state index in [-0.39, 0.29) is 17.4 Å². The lowest BCUT2D eigenvalue weighted by Gasteiger charge is -2.07. The summed E-state index contributed by atoms with van der Waals surface area (Å²) in [6.45, 7) is 3.60.